The molecule has 11 heteroatoms. The normalized spacial score (nSPS) is 13.0. The minimum Gasteiger partial charge on any atom is -0.458 e. The van der Waals surface area contributed by atoms with Gasteiger partial charge in [-0.3, -0.25) is 9.69 Å². The van der Waals surface area contributed by atoms with E-state index in [-0.39, 0.29) is 6.61 Å². The molecule has 0 aliphatic heterocycles. The van der Waals surface area contributed by atoms with E-state index in [4.69, 9.17) is 16.3 Å². The summed E-state index contributed by atoms with van der Waals surface area (Å²) >= 11 is 6.55. The molecule has 4 rings (SSSR count). The fourth-order valence-electron chi connectivity index (χ4n) is 4.60. The van der Waals surface area contributed by atoms with Gasteiger partial charge in [0.05, 0.1) is 11.8 Å². The highest BCUT2D eigenvalue weighted by Crippen LogP contribution is 2.30. The summed E-state index contributed by atoms with van der Waals surface area (Å²) in [7, 11) is 3.45. The SMILES string of the molecule is CCCCc1nc(Cl)c(COC(=O)C([C@H](C)O)N(C)C)n1Cc1ccc(-c2ccccc2-c2nn[nH]n2)cc1. The average molecular weight is 552 g/mol. The fourth-order valence-corrected chi connectivity index (χ4v) is 4.85. The van der Waals surface area contributed by atoms with Gasteiger partial charge in [0, 0.05) is 18.5 Å². The zero-order chi connectivity index (χ0) is 27.9. The Morgan fingerprint density at radius 1 is 1.15 bits per heavy atom. The maximum absolute atomic E-state index is 12.7. The lowest BCUT2D eigenvalue weighted by Crippen LogP contribution is -2.44. The first-order valence-corrected chi connectivity index (χ1v) is 13.3. The number of esters is 1. The Bertz CT molecular complexity index is 1360. The quantitative estimate of drug-likeness (QED) is 0.252. The summed E-state index contributed by atoms with van der Waals surface area (Å²) < 4.78 is 7.64. The van der Waals surface area contributed by atoms with E-state index in [1.807, 2.05) is 28.8 Å². The number of halogens is 1. The maximum atomic E-state index is 12.7. The molecule has 1 unspecified atom stereocenters. The maximum Gasteiger partial charge on any atom is 0.326 e. The molecule has 2 heterocycles. The number of carbonyl (C=O) groups is 1. The van der Waals surface area contributed by atoms with Gasteiger partial charge in [0.2, 0.25) is 5.82 Å². The van der Waals surface area contributed by atoms with Crippen molar-refractivity contribution in [3.05, 3.63) is 70.8 Å². The van der Waals surface area contributed by atoms with Gasteiger partial charge < -0.3 is 14.4 Å². The molecular formula is C28H34ClN7O3. The van der Waals surface area contributed by atoms with Crippen LogP contribution in [0.5, 0.6) is 0 Å². The van der Waals surface area contributed by atoms with Crippen molar-refractivity contribution < 1.29 is 14.6 Å². The van der Waals surface area contributed by atoms with Crippen molar-refractivity contribution >= 4 is 17.6 Å². The Morgan fingerprint density at radius 3 is 2.49 bits per heavy atom. The van der Waals surface area contributed by atoms with Gasteiger partial charge in [-0.05, 0) is 49.3 Å². The Hall–Kier alpha value is -3.60. The number of imidazole rings is 1. The molecule has 0 aliphatic rings. The lowest BCUT2D eigenvalue weighted by atomic mass is 9.98. The second-order valence-electron chi connectivity index (χ2n) is 9.69. The molecular weight excluding hydrogens is 518 g/mol. The van der Waals surface area contributed by atoms with E-state index < -0.39 is 18.1 Å². The second-order valence-corrected chi connectivity index (χ2v) is 10.0. The van der Waals surface area contributed by atoms with Crippen LogP contribution in [0.25, 0.3) is 22.5 Å². The van der Waals surface area contributed by atoms with Gasteiger partial charge >= 0.3 is 5.97 Å². The van der Waals surface area contributed by atoms with E-state index in [0.717, 1.165) is 47.3 Å². The van der Waals surface area contributed by atoms with Crippen LogP contribution in [0.2, 0.25) is 5.15 Å². The van der Waals surface area contributed by atoms with Crippen molar-refractivity contribution in [1.82, 2.24) is 35.1 Å². The van der Waals surface area contributed by atoms with Crippen LogP contribution < -0.4 is 0 Å². The number of nitrogens with one attached hydrogen (secondary N) is 1. The number of tetrazole rings is 1. The number of ether oxygens (including phenoxy) is 1. The standard InChI is InChI=1S/C28H34ClN7O3/c1-5-6-11-24-30-26(29)23(17-39-28(38)25(18(2)37)35(3)4)36(24)16-19-12-14-20(15-13-19)21-9-7-8-10-22(21)27-31-33-34-32-27/h7-10,12-15,18,25,37H,5-6,11,16-17H2,1-4H3,(H,31,32,33,34)/t18-,25?/m0/s1. The number of hydrogen-bond acceptors (Lipinski definition) is 8. The predicted molar refractivity (Wildman–Crippen MR) is 149 cm³/mol. The number of unbranched alkanes of at least 4 members (excludes halogenated alkanes) is 1. The summed E-state index contributed by atoms with van der Waals surface area (Å²) in [6, 6.07) is 15.4. The number of carbonyl (C=O) groups excluding carboxylic acids is 1. The van der Waals surface area contributed by atoms with Gasteiger partial charge in [-0.1, -0.05) is 73.5 Å². The molecule has 206 valence electrons. The first kappa shape index (κ1) is 28.4. The third-order valence-electron chi connectivity index (χ3n) is 6.58. The molecule has 0 aliphatic carbocycles. The van der Waals surface area contributed by atoms with Crippen LogP contribution in [-0.4, -0.2) is 72.4 Å². The summed E-state index contributed by atoms with van der Waals surface area (Å²) in [6.07, 6.45) is 1.86. The van der Waals surface area contributed by atoms with Gasteiger partial charge in [0.15, 0.2) is 5.15 Å². The molecule has 2 aromatic heterocycles. The number of aryl methyl sites for hydroxylation is 1. The van der Waals surface area contributed by atoms with Crippen molar-refractivity contribution in [2.75, 3.05) is 14.1 Å². The van der Waals surface area contributed by atoms with Crippen LogP contribution in [0.4, 0.5) is 0 Å². The van der Waals surface area contributed by atoms with E-state index in [2.05, 4.69) is 56.8 Å². The fraction of sp³-hybridized carbons (Fsp3) is 0.393. The van der Waals surface area contributed by atoms with Gasteiger partial charge in [-0.2, -0.15) is 5.21 Å². The summed E-state index contributed by atoms with van der Waals surface area (Å²) in [6.45, 7) is 4.17. The van der Waals surface area contributed by atoms with Crippen LogP contribution in [0.15, 0.2) is 48.5 Å². The number of aliphatic hydroxyl groups is 1. The van der Waals surface area contributed by atoms with Crippen LogP contribution in [0.3, 0.4) is 0 Å². The van der Waals surface area contributed by atoms with E-state index in [1.165, 1.54) is 0 Å². The molecule has 2 aromatic carbocycles. The number of aliphatic hydroxyl groups excluding tert-OH is 1. The number of H-pyrrole nitrogens is 1. The molecule has 4 aromatic rings. The molecule has 0 amide bonds. The average Bonchev–Trinajstić information content (AvgIpc) is 3.55. The minimum atomic E-state index is -0.878. The summed E-state index contributed by atoms with van der Waals surface area (Å²) in [5.41, 5.74) is 4.59. The smallest absolute Gasteiger partial charge is 0.326 e. The molecule has 0 bridgehead atoms. The third-order valence-corrected chi connectivity index (χ3v) is 6.88. The largest absolute Gasteiger partial charge is 0.458 e. The van der Waals surface area contributed by atoms with E-state index in [0.29, 0.717) is 23.2 Å². The molecule has 0 fully saturated rings. The molecule has 2 N–H and O–H groups in total. The molecule has 39 heavy (non-hydrogen) atoms. The summed E-state index contributed by atoms with van der Waals surface area (Å²) in [5.74, 6) is 0.868. The highest BCUT2D eigenvalue weighted by atomic mass is 35.5. The highest BCUT2D eigenvalue weighted by molar-refractivity contribution is 6.30. The molecule has 0 saturated heterocycles. The van der Waals surface area contributed by atoms with Gasteiger partial charge in [-0.15, -0.1) is 10.2 Å². The highest BCUT2D eigenvalue weighted by Gasteiger charge is 2.28. The number of rotatable bonds is 12. The molecule has 0 saturated carbocycles. The van der Waals surface area contributed by atoms with Gasteiger partial charge in [0.1, 0.15) is 18.5 Å². The first-order chi connectivity index (χ1) is 18.8. The van der Waals surface area contributed by atoms with Crippen molar-refractivity contribution in [1.29, 1.82) is 0 Å². The van der Waals surface area contributed by atoms with Crippen molar-refractivity contribution in [3.8, 4) is 22.5 Å². The van der Waals surface area contributed by atoms with E-state index in [9.17, 15) is 9.90 Å². The van der Waals surface area contributed by atoms with E-state index in [1.54, 1.807) is 25.9 Å². The number of benzene rings is 2. The Morgan fingerprint density at radius 2 is 1.87 bits per heavy atom. The van der Waals surface area contributed by atoms with E-state index >= 15 is 0 Å². The molecule has 0 radical (unpaired) electrons. The van der Waals surface area contributed by atoms with Gasteiger partial charge in [0.25, 0.3) is 0 Å². The number of nitrogens with zero attached hydrogens (tertiary/aromatic N) is 6. The number of aromatic amines is 1. The number of aromatic nitrogens is 6. The van der Waals surface area contributed by atoms with Gasteiger partial charge in [-0.25, -0.2) is 4.98 Å². The Labute approximate surface area is 233 Å². The van der Waals surface area contributed by atoms with Crippen molar-refractivity contribution in [3.63, 3.8) is 0 Å². The number of hydrogen-bond donors (Lipinski definition) is 2. The zero-order valence-corrected chi connectivity index (χ0v) is 23.4. The molecule has 0 spiro atoms. The Balaban J connectivity index is 1.58. The number of likely N-dealkylation sites (N-methyl/N-ethyl adjacent to an activating group) is 1. The summed E-state index contributed by atoms with van der Waals surface area (Å²) in [5, 5.41) is 24.8. The van der Waals surface area contributed by atoms with Crippen molar-refractivity contribution in [2.24, 2.45) is 0 Å². The minimum absolute atomic E-state index is 0.0377. The summed E-state index contributed by atoms with van der Waals surface area (Å²) in [4.78, 5) is 19.0. The Kier molecular flexibility index (Phi) is 9.45. The van der Waals surface area contributed by atoms with Crippen LogP contribution in [-0.2, 0) is 29.1 Å². The zero-order valence-electron chi connectivity index (χ0n) is 22.6. The molecule has 10 nitrogen and oxygen atoms in total. The third kappa shape index (κ3) is 6.70. The van der Waals surface area contributed by atoms with Crippen LogP contribution >= 0.6 is 11.6 Å². The van der Waals surface area contributed by atoms with Crippen LogP contribution in [0.1, 0.15) is 43.8 Å². The van der Waals surface area contributed by atoms with Crippen LogP contribution in [0, 0.1) is 0 Å². The monoisotopic (exact) mass is 551 g/mol. The molecule has 2 atom stereocenters. The second kappa shape index (κ2) is 13.0. The lowest BCUT2D eigenvalue weighted by Gasteiger charge is -2.25. The first-order valence-electron chi connectivity index (χ1n) is 13.0. The predicted octanol–water partition coefficient (Wildman–Crippen LogP) is 4.13. The lowest BCUT2D eigenvalue weighted by molar-refractivity contribution is -0.154. The van der Waals surface area contributed by atoms with Crippen molar-refractivity contribution in [2.45, 2.75) is 58.4 Å². The topological polar surface area (TPSA) is 122 Å².